The van der Waals surface area contributed by atoms with Crippen molar-refractivity contribution < 1.29 is 14.3 Å². The van der Waals surface area contributed by atoms with Gasteiger partial charge in [0.25, 0.3) is 5.95 Å². The lowest BCUT2D eigenvalue weighted by Gasteiger charge is -2.24. The summed E-state index contributed by atoms with van der Waals surface area (Å²) >= 11 is 0. The molecule has 0 saturated carbocycles. The fraction of sp³-hybridized carbons (Fsp3) is 0.192. The van der Waals surface area contributed by atoms with Gasteiger partial charge in [0.05, 0.1) is 24.7 Å². The van der Waals surface area contributed by atoms with Crippen LogP contribution in [0.4, 0.5) is 5.82 Å². The number of anilines is 1. The Morgan fingerprint density at radius 2 is 2.03 bits per heavy atom. The van der Waals surface area contributed by atoms with Crippen molar-refractivity contribution in [1.29, 1.82) is 0 Å². The Bertz CT molecular complexity index is 1460. The number of nitrogens with one attached hydrogen (secondary N) is 1. The molecule has 0 unspecified atom stereocenters. The highest BCUT2D eigenvalue weighted by molar-refractivity contribution is 5.95. The third kappa shape index (κ3) is 4.29. The van der Waals surface area contributed by atoms with Crippen LogP contribution in [0.3, 0.4) is 0 Å². The molecule has 3 heterocycles. The number of carbonyl (C=O) groups is 1. The predicted octanol–water partition coefficient (Wildman–Crippen LogP) is 3.53. The summed E-state index contributed by atoms with van der Waals surface area (Å²) in [7, 11) is 1.61. The standard InChI is InChI=1S/C26H22N6O3/c1-4-11-35-20-10-5-7-17(12-20)21-14-23(33)29-25-24(21)16(2)31-32(25)26-28-22(15-27-30-26)18-8-6-9-19(13-18)34-3/h1,5-10,12-13,15,21H,11,14H2,2-3H3,(H,29,33)/t21-/m0/s1. The zero-order chi connectivity index (χ0) is 24.4. The van der Waals surface area contributed by atoms with E-state index in [9.17, 15) is 4.79 Å². The number of terminal acetylenes is 1. The SMILES string of the molecule is C#CCOc1cccc([C@@H]2CC(=O)Nc3c2c(C)nn3-c2nncc(-c3cccc(OC)c3)n2)c1. The van der Waals surface area contributed by atoms with Crippen LogP contribution in [0.25, 0.3) is 17.2 Å². The third-order valence-corrected chi connectivity index (χ3v) is 5.79. The molecule has 174 valence electrons. The van der Waals surface area contributed by atoms with Gasteiger partial charge in [-0.1, -0.05) is 30.2 Å². The smallest absolute Gasteiger partial charge is 0.272 e. The Kier molecular flexibility index (Phi) is 5.85. The fourth-order valence-electron chi connectivity index (χ4n) is 4.23. The number of aryl methyl sites for hydroxylation is 1. The molecule has 9 heteroatoms. The fourth-order valence-corrected chi connectivity index (χ4v) is 4.23. The second kappa shape index (κ2) is 9.27. The van der Waals surface area contributed by atoms with E-state index in [0.29, 0.717) is 23.0 Å². The van der Waals surface area contributed by atoms with Crippen LogP contribution in [0.5, 0.6) is 11.5 Å². The van der Waals surface area contributed by atoms with Gasteiger partial charge >= 0.3 is 0 Å². The monoisotopic (exact) mass is 466 g/mol. The van der Waals surface area contributed by atoms with Gasteiger partial charge in [-0.05, 0) is 36.8 Å². The van der Waals surface area contributed by atoms with E-state index in [1.54, 1.807) is 13.3 Å². The molecule has 1 aliphatic heterocycles. The van der Waals surface area contributed by atoms with E-state index in [0.717, 1.165) is 22.4 Å². The summed E-state index contributed by atoms with van der Waals surface area (Å²) in [6, 6.07) is 15.1. The van der Waals surface area contributed by atoms with Crippen molar-refractivity contribution in [1.82, 2.24) is 25.0 Å². The van der Waals surface area contributed by atoms with Gasteiger partial charge in [0.2, 0.25) is 5.91 Å². The molecule has 4 aromatic rings. The number of aromatic nitrogens is 5. The number of carbonyl (C=O) groups excluding carboxylic acids is 1. The maximum atomic E-state index is 12.7. The summed E-state index contributed by atoms with van der Waals surface area (Å²) in [6.45, 7) is 2.07. The average molecular weight is 467 g/mol. The minimum atomic E-state index is -0.212. The van der Waals surface area contributed by atoms with Crippen LogP contribution in [0.2, 0.25) is 0 Å². The number of amides is 1. The Hall–Kier alpha value is -4.71. The molecule has 0 radical (unpaired) electrons. The summed E-state index contributed by atoms with van der Waals surface area (Å²) in [6.07, 6.45) is 7.17. The Labute approximate surface area is 202 Å². The quantitative estimate of drug-likeness (QED) is 0.434. The summed E-state index contributed by atoms with van der Waals surface area (Å²) in [5, 5.41) is 15.9. The lowest BCUT2D eigenvalue weighted by atomic mass is 9.86. The molecule has 0 saturated heterocycles. The Morgan fingerprint density at radius 3 is 2.86 bits per heavy atom. The molecule has 35 heavy (non-hydrogen) atoms. The first kappa shape index (κ1) is 22.1. The minimum absolute atomic E-state index is 0.129. The molecular formula is C26H22N6O3. The van der Waals surface area contributed by atoms with Crippen LogP contribution >= 0.6 is 0 Å². The van der Waals surface area contributed by atoms with Crippen LogP contribution in [-0.4, -0.2) is 44.6 Å². The van der Waals surface area contributed by atoms with Crippen LogP contribution in [-0.2, 0) is 4.79 Å². The molecule has 0 spiro atoms. The van der Waals surface area contributed by atoms with Crippen LogP contribution in [0.15, 0.2) is 54.7 Å². The van der Waals surface area contributed by atoms with Crippen molar-refractivity contribution in [3.8, 4) is 41.0 Å². The van der Waals surface area contributed by atoms with Crippen LogP contribution in [0, 0.1) is 19.3 Å². The minimum Gasteiger partial charge on any atom is -0.497 e. The molecule has 5 rings (SSSR count). The van der Waals surface area contributed by atoms with Crippen LogP contribution < -0.4 is 14.8 Å². The first-order valence-electron chi connectivity index (χ1n) is 11.0. The van der Waals surface area contributed by atoms with Crippen LogP contribution in [0.1, 0.15) is 29.2 Å². The van der Waals surface area contributed by atoms with Gasteiger partial charge < -0.3 is 14.8 Å². The van der Waals surface area contributed by atoms with Crippen molar-refractivity contribution in [3.63, 3.8) is 0 Å². The van der Waals surface area contributed by atoms with Gasteiger partial charge in [-0.3, -0.25) is 4.79 Å². The molecule has 1 N–H and O–H groups in total. The number of hydrogen-bond acceptors (Lipinski definition) is 7. The van der Waals surface area contributed by atoms with Crippen molar-refractivity contribution in [2.24, 2.45) is 0 Å². The molecule has 0 aliphatic carbocycles. The van der Waals surface area contributed by atoms with Gasteiger partial charge in [-0.2, -0.15) is 14.9 Å². The summed E-state index contributed by atoms with van der Waals surface area (Å²) in [5.74, 6) is 4.26. The lowest BCUT2D eigenvalue weighted by Crippen LogP contribution is -2.25. The van der Waals surface area contributed by atoms with Crippen molar-refractivity contribution in [3.05, 3.63) is 71.5 Å². The number of nitrogens with zero attached hydrogens (tertiary/aromatic N) is 5. The second-order valence-corrected chi connectivity index (χ2v) is 8.00. The molecule has 1 aliphatic rings. The molecule has 2 aromatic heterocycles. The normalized spacial score (nSPS) is 14.5. The highest BCUT2D eigenvalue weighted by Crippen LogP contribution is 2.40. The predicted molar refractivity (Wildman–Crippen MR) is 130 cm³/mol. The molecular weight excluding hydrogens is 444 g/mol. The van der Waals surface area contributed by atoms with Gasteiger partial charge in [0.1, 0.15) is 23.9 Å². The van der Waals surface area contributed by atoms with Crippen molar-refractivity contribution in [2.75, 3.05) is 19.0 Å². The van der Waals surface area contributed by atoms with E-state index in [1.165, 1.54) is 4.68 Å². The van der Waals surface area contributed by atoms with Crippen molar-refractivity contribution in [2.45, 2.75) is 19.3 Å². The molecule has 2 aromatic carbocycles. The van der Waals surface area contributed by atoms with E-state index in [2.05, 4.69) is 31.5 Å². The number of rotatable bonds is 6. The average Bonchev–Trinajstić information content (AvgIpc) is 3.23. The van der Waals surface area contributed by atoms with E-state index in [-0.39, 0.29) is 30.8 Å². The van der Waals surface area contributed by atoms with E-state index >= 15 is 0 Å². The highest BCUT2D eigenvalue weighted by Gasteiger charge is 2.33. The largest absolute Gasteiger partial charge is 0.497 e. The lowest BCUT2D eigenvalue weighted by molar-refractivity contribution is -0.116. The molecule has 9 nitrogen and oxygen atoms in total. The first-order valence-corrected chi connectivity index (χ1v) is 11.0. The van der Waals surface area contributed by atoms with Gasteiger partial charge in [0, 0.05) is 23.5 Å². The third-order valence-electron chi connectivity index (χ3n) is 5.79. The zero-order valence-electron chi connectivity index (χ0n) is 19.2. The number of methoxy groups -OCH3 is 1. The maximum absolute atomic E-state index is 12.7. The topological polar surface area (TPSA) is 104 Å². The molecule has 1 atom stereocenters. The molecule has 0 fully saturated rings. The Balaban J connectivity index is 1.56. The van der Waals surface area contributed by atoms with E-state index in [1.807, 2.05) is 55.5 Å². The van der Waals surface area contributed by atoms with E-state index < -0.39 is 0 Å². The zero-order valence-corrected chi connectivity index (χ0v) is 19.2. The highest BCUT2D eigenvalue weighted by atomic mass is 16.5. The summed E-state index contributed by atoms with van der Waals surface area (Å²) in [4.78, 5) is 17.4. The first-order chi connectivity index (χ1) is 17.1. The van der Waals surface area contributed by atoms with Gasteiger partial charge in [0.15, 0.2) is 0 Å². The van der Waals surface area contributed by atoms with E-state index in [4.69, 9.17) is 15.9 Å². The Morgan fingerprint density at radius 1 is 1.20 bits per heavy atom. The number of benzene rings is 2. The number of hydrogen-bond donors (Lipinski definition) is 1. The van der Waals surface area contributed by atoms with Gasteiger partial charge in [-0.25, -0.2) is 4.98 Å². The second-order valence-electron chi connectivity index (χ2n) is 8.00. The number of ether oxygens (including phenoxy) is 2. The molecule has 1 amide bonds. The maximum Gasteiger partial charge on any atom is 0.272 e. The molecule has 0 bridgehead atoms. The van der Waals surface area contributed by atoms with Crippen molar-refractivity contribution >= 4 is 11.7 Å². The summed E-state index contributed by atoms with van der Waals surface area (Å²) < 4.78 is 12.4. The summed E-state index contributed by atoms with van der Waals surface area (Å²) in [5.41, 5.74) is 4.02. The van der Waals surface area contributed by atoms with Gasteiger partial charge in [-0.15, -0.1) is 11.5 Å². The number of fused-ring (bicyclic) bond motifs is 1.